The van der Waals surface area contributed by atoms with Crippen LogP contribution in [-0.2, 0) is 4.79 Å². The molecule has 3 fully saturated rings. The molecule has 1 aromatic carbocycles. The average Bonchev–Trinajstić information content (AvgIpc) is 3.19. The summed E-state index contributed by atoms with van der Waals surface area (Å²) in [5.41, 5.74) is 7.40. The van der Waals surface area contributed by atoms with Crippen LogP contribution in [0, 0.1) is 16.0 Å². The summed E-state index contributed by atoms with van der Waals surface area (Å²) in [6.07, 6.45) is 1.72. The van der Waals surface area contributed by atoms with Crippen LogP contribution in [0.1, 0.15) is 30.9 Å². The molecule has 1 saturated carbocycles. The van der Waals surface area contributed by atoms with Crippen molar-refractivity contribution in [3.05, 3.63) is 46.0 Å². The third-order valence-electron chi connectivity index (χ3n) is 6.86. The van der Waals surface area contributed by atoms with Gasteiger partial charge in [-0.2, -0.15) is 0 Å². The van der Waals surface area contributed by atoms with Crippen molar-refractivity contribution in [3.8, 4) is 0 Å². The lowest BCUT2D eigenvalue weighted by molar-refractivity contribution is -0.528. The summed E-state index contributed by atoms with van der Waals surface area (Å²) in [4.78, 5) is 29.0. The smallest absolute Gasteiger partial charge is 0.239 e. The number of likely N-dealkylation sites (N-methyl/N-ethyl adjacent to an activating group) is 1. The Bertz CT molecular complexity index is 740. The van der Waals surface area contributed by atoms with Gasteiger partial charge in [-0.05, 0) is 19.0 Å². The van der Waals surface area contributed by atoms with E-state index in [-0.39, 0.29) is 28.8 Å². The molecule has 1 aromatic rings. The Morgan fingerprint density at radius 2 is 1.93 bits per heavy atom. The van der Waals surface area contributed by atoms with Crippen LogP contribution in [0.2, 0.25) is 0 Å². The number of nitrogens with zero attached hydrogens (tertiary/aromatic N) is 3. The number of hydrazine groups is 1. The molecule has 3 N–H and O–H groups in total. The van der Waals surface area contributed by atoms with E-state index in [1.54, 1.807) is 0 Å². The lowest BCUT2D eigenvalue weighted by Crippen LogP contribution is -2.51. The van der Waals surface area contributed by atoms with Crippen LogP contribution in [-0.4, -0.2) is 78.5 Å². The number of piperazine rings is 1. The predicted molar refractivity (Wildman–Crippen MR) is 113 cm³/mol. The van der Waals surface area contributed by atoms with Crippen LogP contribution >= 0.6 is 0 Å². The average molecular weight is 417 g/mol. The van der Waals surface area contributed by atoms with E-state index in [1.807, 2.05) is 30.3 Å². The van der Waals surface area contributed by atoms with Crippen molar-refractivity contribution in [2.75, 3.05) is 39.8 Å². The fourth-order valence-electron chi connectivity index (χ4n) is 4.96. The quantitative estimate of drug-likeness (QED) is 0.455. The second kappa shape index (κ2) is 9.38. The van der Waals surface area contributed by atoms with Gasteiger partial charge < -0.3 is 10.2 Å². The molecule has 5 atom stereocenters. The fraction of sp³-hybridized carbons (Fsp3) is 0.667. The Morgan fingerprint density at radius 3 is 2.63 bits per heavy atom. The molecule has 5 unspecified atom stereocenters. The van der Waals surface area contributed by atoms with Gasteiger partial charge in [-0.15, -0.1) is 0 Å². The molecule has 0 spiro atoms. The van der Waals surface area contributed by atoms with E-state index in [4.69, 9.17) is 0 Å². The molecule has 0 bridgehead atoms. The largest absolute Gasteiger partial charge is 0.347 e. The van der Waals surface area contributed by atoms with Crippen LogP contribution in [0.25, 0.3) is 0 Å². The summed E-state index contributed by atoms with van der Waals surface area (Å²) < 4.78 is 0. The number of nitro groups is 1. The van der Waals surface area contributed by atoms with Crippen molar-refractivity contribution in [2.45, 2.75) is 43.4 Å². The number of nitrogens with one attached hydrogen (secondary N) is 3. The van der Waals surface area contributed by atoms with E-state index in [0.717, 1.165) is 44.7 Å². The SMILES string of the molecule is CN1CCN(CC(NC(=O)C2NNC3CCC([N+](=O)[O-])CC32)c2ccccc2)CC1. The van der Waals surface area contributed by atoms with Crippen LogP contribution in [0.4, 0.5) is 0 Å². The van der Waals surface area contributed by atoms with Crippen molar-refractivity contribution in [3.63, 3.8) is 0 Å². The molecule has 1 aliphatic carbocycles. The van der Waals surface area contributed by atoms with Crippen LogP contribution < -0.4 is 16.2 Å². The first-order chi connectivity index (χ1) is 14.5. The highest BCUT2D eigenvalue weighted by atomic mass is 16.6. The van der Waals surface area contributed by atoms with Gasteiger partial charge in [-0.25, -0.2) is 5.43 Å². The van der Waals surface area contributed by atoms with E-state index >= 15 is 0 Å². The summed E-state index contributed by atoms with van der Waals surface area (Å²) in [6, 6.07) is 9.06. The molecule has 9 heteroatoms. The minimum Gasteiger partial charge on any atom is -0.347 e. The highest BCUT2D eigenvalue weighted by Gasteiger charge is 2.47. The molecule has 9 nitrogen and oxygen atoms in total. The Balaban J connectivity index is 1.44. The topological polar surface area (TPSA) is 103 Å². The van der Waals surface area contributed by atoms with Gasteiger partial charge in [0.25, 0.3) is 0 Å². The maximum Gasteiger partial charge on any atom is 0.239 e. The number of hydrogen-bond acceptors (Lipinski definition) is 7. The number of fused-ring (bicyclic) bond motifs is 1. The number of rotatable bonds is 6. The monoisotopic (exact) mass is 416 g/mol. The molecule has 3 aliphatic rings. The Labute approximate surface area is 177 Å². The molecular formula is C21H32N6O3. The Hall–Kier alpha value is -2.07. The molecule has 1 amide bonds. The zero-order valence-electron chi connectivity index (χ0n) is 17.5. The highest BCUT2D eigenvalue weighted by Crippen LogP contribution is 2.32. The second-order valence-electron chi connectivity index (χ2n) is 8.86. The summed E-state index contributed by atoms with van der Waals surface area (Å²) in [7, 11) is 2.13. The second-order valence-corrected chi connectivity index (χ2v) is 8.86. The van der Waals surface area contributed by atoms with Gasteiger partial charge in [-0.3, -0.25) is 25.2 Å². The highest BCUT2D eigenvalue weighted by molar-refractivity contribution is 5.83. The molecule has 0 aromatic heterocycles. The van der Waals surface area contributed by atoms with Crippen molar-refractivity contribution < 1.29 is 9.72 Å². The van der Waals surface area contributed by atoms with Gasteiger partial charge in [0.15, 0.2) is 0 Å². The normalized spacial score (nSPS) is 31.1. The van der Waals surface area contributed by atoms with Crippen molar-refractivity contribution in [1.29, 1.82) is 0 Å². The Kier molecular flexibility index (Phi) is 6.62. The first-order valence-electron chi connectivity index (χ1n) is 10.9. The zero-order chi connectivity index (χ0) is 21.1. The number of benzene rings is 1. The van der Waals surface area contributed by atoms with Gasteiger partial charge in [0, 0.05) is 62.4 Å². The molecule has 30 heavy (non-hydrogen) atoms. The van der Waals surface area contributed by atoms with Crippen molar-refractivity contribution in [2.24, 2.45) is 5.92 Å². The first-order valence-corrected chi connectivity index (χ1v) is 10.9. The van der Waals surface area contributed by atoms with Crippen LogP contribution in [0.5, 0.6) is 0 Å². The molecule has 4 rings (SSSR count). The molecule has 164 valence electrons. The van der Waals surface area contributed by atoms with E-state index in [1.165, 1.54) is 0 Å². The zero-order valence-corrected chi connectivity index (χ0v) is 17.5. The number of amides is 1. The number of carbonyl (C=O) groups excluding carboxylic acids is 1. The van der Waals surface area contributed by atoms with Gasteiger partial charge in [0.1, 0.15) is 6.04 Å². The molecular weight excluding hydrogens is 384 g/mol. The van der Waals surface area contributed by atoms with Gasteiger partial charge in [-0.1, -0.05) is 30.3 Å². The lowest BCUT2D eigenvalue weighted by atomic mass is 9.79. The van der Waals surface area contributed by atoms with Crippen molar-refractivity contribution >= 4 is 5.91 Å². The van der Waals surface area contributed by atoms with Crippen LogP contribution in [0.3, 0.4) is 0 Å². The van der Waals surface area contributed by atoms with Gasteiger partial charge >= 0.3 is 0 Å². The third kappa shape index (κ3) is 4.80. The van der Waals surface area contributed by atoms with E-state index < -0.39 is 12.1 Å². The number of carbonyl (C=O) groups is 1. The minimum absolute atomic E-state index is 0.0609. The fourth-order valence-corrected chi connectivity index (χ4v) is 4.96. The predicted octanol–water partition coefficient (Wildman–Crippen LogP) is 0.382. The van der Waals surface area contributed by atoms with Crippen molar-refractivity contribution in [1.82, 2.24) is 26.0 Å². The lowest BCUT2D eigenvalue weighted by Gasteiger charge is -2.35. The van der Waals surface area contributed by atoms with Crippen LogP contribution in [0.15, 0.2) is 30.3 Å². The van der Waals surface area contributed by atoms with E-state index in [0.29, 0.717) is 12.8 Å². The maximum atomic E-state index is 13.2. The van der Waals surface area contributed by atoms with E-state index in [2.05, 4.69) is 33.0 Å². The van der Waals surface area contributed by atoms with E-state index in [9.17, 15) is 14.9 Å². The summed E-state index contributed by atoms with van der Waals surface area (Å²) in [5, 5.41) is 14.5. The maximum absolute atomic E-state index is 13.2. The molecule has 2 heterocycles. The third-order valence-corrected chi connectivity index (χ3v) is 6.86. The summed E-state index contributed by atoms with van der Waals surface area (Å²) in [5.74, 6) is -0.142. The Morgan fingerprint density at radius 1 is 1.20 bits per heavy atom. The van der Waals surface area contributed by atoms with Gasteiger partial charge in [0.05, 0.1) is 6.04 Å². The first kappa shape index (κ1) is 21.2. The minimum atomic E-state index is -0.557. The number of hydrogen-bond donors (Lipinski definition) is 3. The summed E-state index contributed by atoms with van der Waals surface area (Å²) >= 11 is 0. The molecule has 2 aliphatic heterocycles. The standard InChI is InChI=1S/C21H32N6O3/c1-25-9-11-26(12-10-25)14-19(15-5-3-2-4-6-15)22-21(28)20-17-13-16(27(29)30)7-8-18(17)23-24-20/h2-6,16-20,23-24H,7-14H2,1H3,(H,22,28). The molecule has 2 saturated heterocycles. The molecule has 0 radical (unpaired) electrons. The summed E-state index contributed by atoms with van der Waals surface area (Å²) in [6.45, 7) is 4.77. The van der Waals surface area contributed by atoms with Gasteiger partial charge in [0.2, 0.25) is 11.9 Å².